The molecule has 3 rings (SSSR count). The van der Waals surface area contributed by atoms with Crippen LogP contribution in [0.2, 0.25) is 0 Å². The van der Waals surface area contributed by atoms with E-state index in [1.165, 1.54) is 24.6 Å². The molecule has 1 amide bonds. The molecular weight excluding hydrogens is 304 g/mol. The summed E-state index contributed by atoms with van der Waals surface area (Å²) in [7, 11) is 0. The van der Waals surface area contributed by atoms with E-state index in [9.17, 15) is 9.59 Å². The zero-order valence-electron chi connectivity index (χ0n) is 12.5. The van der Waals surface area contributed by atoms with Crippen molar-refractivity contribution in [3.8, 4) is 0 Å². The SMILES string of the molecule is O=C(CSc1n[nH]c(=O)n1C[C@@H]1CCCO1)NC1CCCC1. The van der Waals surface area contributed by atoms with E-state index in [-0.39, 0.29) is 23.5 Å². The summed E-state index contributed by atoms with van der Waals surface area (Å²) >= 11 is 1.30. The number of nitrogens with zero attached hydrogens (tertiary/aromatic N) is 2. The molecule has 1 aliphatic heterocycles. The van der Waals surface area contributed by atoms with Gasteiger partial charge in [-0.1, -0.05) is 24.6 Å². The molecule has 1 saturated carbocycles. The summed E-state index contributed by atoms with van der Waals surface area (Å²) in [4.78, 5) is 23.8. The van der Waals surface area contributed by atoms with Gasteiger partial charge in [-0.15, -0.1) is 5.10 Å². The van der Waals surface area contributed by atoms with Crippen molar-refractivity contribution in [1.82, 2.24) is 20.1 Å². The predicted octanol–water partition coefficient (Wildman–Crippen LogP) is 0.901. The Morgan fingerprint density at radius 1 is 1.36 bits per heavy atom. The fraction of sp³-hybridized carbons (Fsp3) is 0.786. The molecule has 122 valence electrons. The van der Waals surface area contributed by atoms with Crippen molar-refractivity contribution < 1.29 is 9.53 Å². The monoisotopic (exact) mass is 326 g/mol. The van der Waals surface area contributed by atoms with Gasteiger partial charge in [-0.3, -0.25) is 9.36 Å². The zero-order valence-corrected chi connectivity index (χ0v) is 13.4. The van der Waals surface area contributed by atoms with Crippen LogP contribution in [-0.4, -0.2) is 45.2 Å². The largest absolute Gasteiger partial charge is 0.376 e. The van der Waals surface area contributed by atoms with Crippen molar-refractivity contribution in [3.63, 3.8) is 0 Å². The fourth-order valence-electron chi connectivity index (χ4n) is 3.04. The molecule has 2 N–H and O–H groups in total. The lowest BCUT2D eigenvalue weighted by Crippen LogP contribution is -2.34. The first-order valence-electron chi connectivity index (χ1n) is 7.91. The summed E-state index contributed by atoms with van der Waals surface area (Å²) < 4.78 is 7.13. The zero-order chi connectivity index (χ0) is 15.4. The molecular formula is C14H22N4O3S. The minimum Gasteiger partial charge on any atom is -0.376 e. The highest BCUT2D eigenvalue weighted by Gasteiger charge is 2.21. The summed E-state index contributed by atoms with van der Waals surface area (Å²) in [5.74, 6) is 0.294. The van der Waals surface area contributed by atoms with Crippen LogP contribution >= 0.6 is 11.8 Å². The van der Waals surface area contributed by atoms with Crippen LogP contribution in [0.25, 0.3) is 0 Å². The van der Waals surface area contributed by atoms with Crippen LogP contribution in [0, 0.1) is 0 Å². The summed E-state index contributed by atoms with van der Waals surface area (Å²) in [6.45, 7) is 1.26. The summed E-state index contributed by atoms with van der Waals surface area (Å²) in [5, 5.41) is 10.1. The van der Waals surface area contributed by atoms with Crippen LogP contribution in [0.1, 0.15) is 38.5 Å². The van der Waals surface area contributed by atoms with Crippen LogP contribution in [0.3, 0.4) is 0 Å². The van der Waals surface area contributed by atoms with Crippen LogP contribution in [0.15, 0.2) is 9.95 Å². The number of thioether (sulfide) groups is 1. The van der Waals surface area contributed by atoms with E-state index >= 15 is 0 Å². The summed E-state index contributed by atoms with van der Waals surface area (Å²) in [6.07, 6.45) is 6.59. The molecule has 0 spiro atoms. The van der Waals surface area contributed by atoms with E-state index in [1.807, 2.05) is 0 Å². The van der Waals surface area contributed by atoms with Crippen LogP contribution in [0.5, 0.6) is 0 Å². The number of ether oxygens (including phenoxy) is 1. The number of H-pyrrole nitrogens is 1. The molecule has 0 aromatic carbocycles. The van der Waals surface area contributed by atoms with E-state index < -0.39 is 0 Å². The van der Waals surface area contributed by atoms with Crippen LogP contribution in [0.4, 0.5) is 0 Å². The minimum atomic E-state index is -0.241. The Kier molecular flexibility index (Phi) is 5.20. The van der Waals surface area contributed by atoms with Gasteiger partial charge in [-0.05, 0) is 25.7 Å². The number of amides is 1. The quantitative estimate of drug-likeness (QED) is 0.758. The Morgan fingerprint density at radius 3 is 2.91 bits per heavy atom. The first kappa shape index (κ1) is 15.6. The second kappa shape index (κ2) is 7.32. The lowest BCUT2D eigenvalue weighted by atomic mass is 10.2. The van der Waals surface area contributed by atoms with Crippen molar-refractivity contribution in [2.45, 2.75) is 62.4 Å². The number of carbonyl (C=O) groups is 1. The van der Waals surface area contributed by atoms with Crippen molar-refractivity contribution >= 4 is 17.7 Å². The molecule has 22 heavy (non-hydrogen) atoms. The normalized spacial score (nSPS) is 22.3. The minimum absolute atomic E-state index is 0.0102. The predicted molar refractivity (Wildman–Crippen MR) is 82.9 cm³/mol. The highest BCUT2D eigenvalue weighted by Crippen LogP contribution is 2.20. The van der Waals surface area contributed by atoms with Crippen LogP contribution < -0.4 is 11.0 Å². The molecule has 0 radical (unpaired) electrons. The highest BCUT2D eigenvalue weighted by molar-refractivity contribution is 7.99. The third-order valence-corrected chi connectivity index (χ3v) is 5.16. The Morgan fingerprint density at radius 2 is 2.18 bits per heavy atom. The topological polar surface area (TPSA) is 89.0 Å². The Balaban J connectivity index is 1.53. The number of rotatable bonds is 6. The second-order valence-electron chi connectivity index (χ2n) is 5.89. The van der Waals surface area contributed by atoms with E-state index in [4.69, 9.17) is 4.74 Å². The molecule has 1 saturated heterocycles. The molecule has 0 bridgehead atoms. The van der Waals surface area contributed by atoms with Crippen molar-refractivity contribution in [3.05, 3.63) is 10.5 Å². The lowest BCUT2D eigenvalue weighted by molar-refractivity contribution is -0.119. The molecule has 2 aliphatic rings. The number of aromatic amines is 1. The van der Waals surface area contributed by atoms with Gasteiger partial charge in [0.2, 0.25) is 5.91 Å². The fourth-order valence-corrected chi connectivity index (χ4v) is 3.80. The summed E-state index contributed by atoms with van der Waals surface area (Å²) in [6, 6.07) is 0.321. The van der Waals surface area contributed by atoms with Crippen molar-refractivity contribution in [2.75, 3.05) is 12.4 Å². The van der Waals surface area contributed by atoms with Gasteiger partial charge in [0.25, 0.3) is 0 Å². The third-order valence-electron chi connectivity index (χ3n) is 4.19. The molecule has 8 heteroatoms. The van der Waals surface area contributed by atoms with E-state index in [0.29, 0.717) is 17.7 Å². The van der Waals surface area contributed by atoms with Crippen molar-refractivity contribution in [1.29, 1.82) is 0 Å². The van der Waals surface area contributed by atoms with Crippen molar-refractivity contribution in [2.24, 2.45) is 0 Å². The maximum atomic E-state index is 12.0. The third kappa shape index (κ3) is 3.92. The van der Waals surface area contributed by atoms with Crippen LogP contribution in [-0.2, 0) is 16.1 Å². The van der Waals surface area contributed by atoms with Gasteiger partial charge >= 0.3 is 5.69 Å². The first-order chi connectivity index (χ1) is 10.7. The van der Waals surface area contributed by atoms with Gasteiger partial charge in [-0.25, -0.2) is 9.89 Å². The average Bonchev–Trinajstić information content (AvgIpc) is 3.23. The molecule has 1 atom stereocenters. The number of hydrogen-bond acceptors (Lipinski definition) is 5. The highest BCUT2D eigenvalue weighted by atomic mass is 32.2. The van der Waals surface area contributed by atoms with Gasteiger partial charge in [0, 0.05) is 12.6 Å². The number of carbonyl (C=O) groups excluding carboxylic acids is 1. The second-order valence-corrected chi connectivity index (χ2v) is 6.84. The van der Waals surface area contributed by atoms with Gasteiger partial charge in [-0.2, -0.15) is 0 Å². The maximum Gasteiger partial charge on any atom is 0.344 e. The standard InChI is InChI=1S/C14H22N4O3S/c19-12(15-10-4-1-2-5-10)9-22-14-17-16-13(20)18(14)8-11-6-3-7-21-11/h10-11H,1-9H2,(H,15,19)(H,16,20)/t11-/m0/s1. The molecule has 1 aromatic heterocycles. The Labute approximate surface area is 133 Å². The number of nitrogens with one attached hydrogen (secondary N) is 2. The lowest BCUT2D eigenvalue weighted by Gasteiger charge is -2.12. The number of hydrogen-bond donors (Lipinski definition) is 2. The van der Waals surface area contributed by atoms with Gasteiger partial charge < -0.3 is 10.1 Å². The molecule has 2 fully saturated rings. The first-order valence-corrected chi connectivity index (χ1v) is 8.90. The van der Waals surface area contributed by atoms with Gasteiger partial charge in [0.05, 0.1) is 18.4 Å². The Bertz CT molecular complexity index is 559. The average molecular weight is 326 g/mol. The smallest absolute Gasteiger partial charge is 0.344 e. The molecule has 2 heterocycles. The van der Waals surface area contributed by atoms with E-state index in [1.54, 1.807) is 4.57 Å². The molecule has 0 unspecified atom stereocenters. The summed E-state index contributed by atoms with van der Waals surface area (Å²) in [5.41, 5.74) is -0.241. The van der Waals surface area contributed by atoms with Gasteiger partial charge in [0.15, 0.2) is 5.16 Å². The van der Waals surface area contributed by atoms with E-state index in [2.05, 4.69) is 15.5 Å². The molecule has 1 aliphatic carbocycles. The van der Waals surface area contributed by atoms with E-state index in [0.717, 1.165) is 32.3 Å². The number of aromatic nitrogens is 3. The molecule has 7 nitrogen and oxygen atoms in total. The molecule has 1 aromatic rings. The maximum absolute atomic E-state index is 12.0. The Hall–Kier alpha value is -1.28. The van der Waals surface area contributed by atoms with Gasteiger partial charge in [0.1, 0.15) is 0 Å².